The van der Waals surface area contributed by atoms with E-state index in [1.807, 2.05) is 30.3 Å². The van der Waals surface area contributed by atoms with E-state index in [0.717, 1.165) is 29.4 Å². The van der Waals surface area contributed by atoms with E-state index in [1.165, 1.54) is 0 Å². The number of hydrogen-bond acceptors (Lipinski definition) is 3. The second-order valence-electron chi connectivity index (χ2n) is 5.26. The number of hydrogen-bond donors (Lipinski definition) is 2. The molecule has 5 heteroatoms. The number of aliphatic imine (C=N–C) groups is 1. The molecule has 0 atom stereocenters. The predicted molar refractivity (Wildman–Crippen MR) is 97.3 cm³/mol. The van der Waals surface area contributed by atoms with Crippen LogP contribution in [0.5, 0.6) is 5.75 Å². The smallest absolute Gasteiger partial charge is 0.191 e. The molecule has 0 aliphatic heterocycles. The van der Waals surface area contributed by atoms with Crippen molar-refractivity contribution in [3.05, 3.63) is 65.7 Å². The molecule has 0 spiro atoms. The lowest BCUT2D eigenvalue weighted by molar-refractivity contribution is 0.203. The first-order valence-corrected chi connectivity index (χ1v) is 8.01. The minimum absolute atomic E-state index is 0.578. The lowest BCUT2D eigenvalue weighted by atomic mass is 10.2. The zero-order valence-electron chi connectivity index (χ0n) is 14.3. The molecule has 0 heterocycles. The highest BCUT2D eigenvalue weighted by Gasteiger charge is 2.00. The number of ether oxygens (including phenoxy) is 2. The number of nitrogens with zero attached hydrogens (tertiary/aromatic N) is 1. The third-order valence-corrected chi connectivity index (χ3v) is 3.45. The molecule has 0 amide bonds. The van der Waals surface area contributed by atoms with E-state index >= 15 is 0 Å². The third-order valence-electron chi connectivity index (χ3n) is 3.45. The molecule has 0 unspecified atom stereocenters. The number of benzene rings is 2. The fourth-order valence-corrected chi connectivity index (χ4v) is 2.12. The van der Waals surface area contributed by atoms with Crippen molar-refractivity contribution in [1.29, 1.82) is 0 Å². The van der Waals surface area contributed by atoms with Crippen LogP contribution >= 0.6 is 0 Å². The van der Waals surface area contributed by atoms with Crippen LogP contribution in [0.15, 0.2) is 59.6 Å². The molecule has 0 saturated heterocycles. The quantitative estimate of drug-likeness (QED) is 0.444. The first kappa shape index (κ1) is 17.8. The summed E-state index contributed by atoms with van der Waals surface area (Å²) in [5, 5.41) is 6.44. The fraction of sp³-hybridized carbons (Fsp3) is 0.316. The van der Waals surface area contributed by atoms with Gasteiger partial charge in [-0.2, -0.15) is 0 Å². The highest BCUT2D eigenvalue weighted by Crippen LogP contribution is 2.14. The van der Waals surface area contributed by atoms with Gasteiger partial charge in [0.1, 0.15) is 12.4 Å². The predicted octanol–water partition coefficient (Wildman–Crippen LogP) is 2.58. The van der Waals surface area contributed by atoms with Gasteiger partial charge in [-0.3, -0.25) is 4.99 Å². The summed E-state index contributed by atoms with van der Waals surface area (Å²) >= 11 is 0. The molecule has 2 N–H and O–H groups in total. The van der Waals surface area contributed by atoms with Crippen LogP contribution in [0.3, 0.4) is 0 Å². The van der Waals surface area contributed by atoms with Crippen LogP contribution in [0, 0.1) is 0 Å². The molecular formula is C19H25N3O2. The fourth-order valence-electron chi connectivity index (χ4n) is 2.12. The Labute approximate surface area is 143 Å². The number of rotatable bonds is 8. The van der Waals surface area contributed by atoms with Gasteiger partial charge in [-0.25, -0.2) is 0 Å². The Morgan fingerprint density at radius 1 is 0.958 bits per heavy atom. The van der Waals surface area contributed by atoms with Gasteiger partial charge in [0.2, 0.25) is 0 Å². The van der Waals surface area contributed by atoms with Crippen molar-refractivity contribution in [3.63, 3.8) is 0 Å². The Hall–Kier alpha value is -2.53. The first-order valence-electron chi connectivity index (χ1n) is 8.01. The van der Waals surface area contributed by atoms with Crippen LogP contribution in [0.1, 0.15) is 11.1 Å². The van der Waals surface area contributed by atoms with Gasteiger partial charge in [0.25, 0.3) is 0 Å². The average Bonchev–Trinajstić information content (AvgIpc) is 2.64. The average molecular weight is 327 g/mol. The minimum Gasteiger partial charge on any atom is -0.489 e. The van der Waals surface area contributed by atoms with Crippen molar-refractivity contribution < 1.29 is 9.47 Å². The van der Waals surface area contributed by atoms with Crippen molar-refractivity contribution >= 4 is 5.96 Å². The summed E-state index contributed by atoms with van der Waals surface area (Å²) in [7, 11) is 3.43. The van der Waals surface area contributed by atoms with E-state index < -0.39 is 0 Å². The Kier molecular flexibility index (Phi) is 7.63. The SMILES string of the molecule is CN=C(NCCOC)NCc1ccc(OCc2ccccc2)cc1. The highest BCUT2D eigenvalue weighted by atomic mass is 16.5. The molecule has 0 bridgehead atoms. The number of methoxy groups -OCH3 is 1. The van der Waals surface area contributed by atoms with E-state index in [2.05, 4.69) is 39.9 Å². The topological polar surface area (TPSA) is 54.9 Å². The summed E-state index contributed by atoms with van der Waals surface area (Å²) in [5.41, 5.74) is 2.32. The molecule has 2 aromatic carbocycles. The molecule has 5 nitrogen and oxygen atoms in total. The van der Waals surface area contributed by atoms with Crippen LogP contribution in [0.25, 0.3) is 0 Å². The largest absolute Gasteiger partial charge is 0.489 e. The molecule has 0 aromatic heterocycles. The van der Waals surface area contributed by atoms with E-state index in [-0.39, 0.29) is 0 Å². The van der Waals surface area contributed by atoms with Gasteiger partial charge >= 0.3 is 0 Å². The molecular weight excluding hydrogens is 302 g/mol. The summed E-state index contributed by atoms with van der Waals surface area (Å²) < 4.78 is 10.8. The number of nitrogens with one attached hydrogen (secondary N) is 2. The molecule has 24 heavy (non-hydrogen) atoms. The summed E-state index contributed by atoms with van der Waals surface area (Å²) in [6, 6.07) is 18.2. The summed E-state index contributed by atoms with van der Waals surface area (Å²) in [5.74, 6) is 1.63. The van der Waals surface area contributed by atoms with Crippen molar-refractivity contribution in [1.82, 2.24) is 10.6 Å². The van der Waals surface area contributed by atoms with Gasteiger partial charge in [0, 0.05) is 27.2 Å². The van der Waals surface area contributed by atoms with E-state index in [1.54, 1.807) is 14.2 Å². The highest BCUT2D eigenvalue weighted by molar-refractivity contribution is 5.79. The van der Waals surface area contributed by atoms with E-state index in [0.29, 0.717) is 19.8 Å². The van der Waals surface area contributed by atoms with Crippen molar-refractivity contribution in [2.75, 3.05) is 27.3 Å². The van der Waals surface area contributed by atoms with Crippen molar-refractivity contribution in [2.24, 2.45) is 4.99 Å². The lowest BCUT2D eigenvalue weighted by Crippen LogP contribution is -2.38. The van der Waals surface area contributed by atoms with Gasteiger partial charge in [0.05, 0.1) is 6.61 Å². The maximum atomic E-state index is 5.79. The Balaban J connectivity index is 1.77. The van der Waals surface area contributed by atoms with Gasteiger partial charge in [-0.05, 0) is 23.3 Å². The van der Waals surface area contributed by atoms with Crippen molar-refractivity contribution in [3.8, 4) is 5.75 Å². The van der Waals surface area contributed by atoms with Crippen LogP contribution in [0.4, 0.5) is 0 Å². The molecule has 0 saturated carbocycles. The van der Waals surface area contributed by atoms with Crippen molar-refractivity contribution in [2.45, 2.75) is 13.2 Å². The zero-order valence-corrected chi connectivity index (χ0v) is 14.3. The zero-order chi connectivity index (χ0) is 17.0. The molecule has 128 valence electrons. The van der Waals surface area contributed by atoms with E-state index in [4.69, 9.17) is 9.47 Å². The van der Waals surface area contributed by atoms with Gasteiger partial charge in [0.15, 0.2) is 5.96 Å². The Morgan fingerprint density at radius 2 is 1.71 bits per heavy atom. The second-order valence-corrected chi connectivity index (χ2v) is 5.26. The number of guanidine groups is 1. The second kappa shape index (κ2) is 10.3. The summed E-state index contributed by atoms with van der Waals surface area (Å²) in [4.78, 5) is 4.17. The van der Waals surface area contributed by atoms with Gasteiger partial charge < -0.3 is 20.1 Å². The molecule has 0 aliphatic carbocycles. The van der Waals surface area contributed by atoms with Gasteiger partial charge in [-0.15, -0.1) is 0 Å². The molecule has 2 rings (SSSR count). The Bertz CT molecular complexity index is 612. The first-order chi connectivity index (χ1) is 11.8. The normalized spacial score (nSPS) is 11.2. The summed E-state index contributed by atoms with van der Waals surface area (Å²) in [6.07, 6.45) is 0. The maximum absolute atomic E-state index is 5.79. The molecule has 0 radical (unpaired) electrons. The Morgan fingerprint density at radius 3 is 2.38 bits per heavy atom. The monoisotopic (exact) mass is 327 g/mol. The van der Waals surface area contributed by atoms with E-state index in [9.17, 15) is 0 Å². The van der Waals surface area contributed by atoms with Crippen LogP contribution < -0.4 is 15.4 Å². The summed E-state index contributed by atoms with van der Waals surface area (Å²) in [6.45, 7) is 2.65. The standard InChI is InChI=1S/C19H25N3O2/c1-20-19(21-12-13-23-2)22-14-16-8-10-18(11-9-16)24-15-17-6-4-3-5-7-17/h3-11H,12-15H2,1-2H3,(H2,20,21,22). The third kappa shape index (κ3) is 6.30. The molecule has 0 fully saturated rings. The molecule has 0 aliphatic rings. The van der Waals surface area contributed by atoms with Gasteiger partial charge in [-0.1, -0.05) is 42.5 Å². The maximum Gasteiger partial charge on any atom is 0.191 e. The van der Waals surface area contributed by atoms with Crippen LogP contribution in [0.2, 0.25) is 0 Å². The van der Waals surface area contributed by atoms with Crippen LogP contribution in [-0.2, 0) is 17.9 Å². The minimum atomic E-state index is 0.578. The van der Waals surface area contributed by atoms with Crippen LogP contribution in [-0.4, -0.2) is 33.3 Å². The molecule has 2 aromatic rings. The lowest BCUT2D eigenvalue weighted by Gasteiger charge is -2.12.